The van der Waals surface area contributed by atoms with Gasteiger partial charge in [-0.1, -0.05) is 59.9 Å². The number of nitro benzene ring substituents is 2. The number of rotatable bonds is 10. The van der Waals surface area contributed by atoms with Crippen molar-refractivity contribution in [2.45, 2.75) is 72.3 Å². The van der Waals surface area contributed by atoms with Crippen molar-refractivity contribution < 1.29 is 28.9 Å². The van der Waals surface area contributed by atoms with E-state index >= 15 is 0 Å². The van der Waals surface area contributed by atoms with Crippen molar-refractivity contribution in [1.82, 2.24) is 0 Å². The predicted molar refractivity (Wildman–Crippen MR) is 211 cm³/mol. The molecular formula is C40H38N4O8S2. The molecule has 0 aliphatic carbocycles. The monoisotopic (exact) mass is 766 g/mol. The summed E-state index contributed by atoms with van der Waals surface area (Å²) in [6, 6.07) is 31.1. The molecule has 5 rings (SSSR count). The lowest BCUT2D eigenvalue weighted by Gasteiger charge is -2.19. The van der Waals surface area contributed by atoms with E-state index in [4.69, 9.17) is 9.47 Å². The highest BCUT2D eigenvalue weighted by atomic mass is 32.2. The van der Waals surface area contributed by atoms with Crippen molar-refractivity contribution >= 4 is 58.5 Å². The van der Waals surface area contributed by atoms with Crippen molar-refractivity contribution in [2.24, 2.45) is 0 Å². The maximum Gasteiger partial charge on any atom is 0.412 e. The standard InChI is InChI=1S/C40H38N4O8S2/c1-39(2,3)51-37(45)41-29-13-17-31(18-14-29)53-35-21-11-27(23-33(35)43(47)48)25-7-9-26(10-8-25)28-12-22-36(34(24-28)44(49)50)54-32-19-15-30(16-20-32)42-38(46)52-40(4,5)6/h7-24H,1-6H3,(H,41,45)(H,42,46). The Hall–Kier alpha value is -5.86. The molecular weight excluding hydrogens is 729 g/mol. The predicted octanol–water partition coefficient (Wildman–Crippen LogP) is 11.8. The number of hydrogen-bond acceptors (Lipinski definition) is 10. The number of carbonyl (C=O) groups excluding carboxylic acids is 2. The number of nitro groups is 2. The maximum absolute atomic E-state index is 12.1. The lowest BCUT2D eigenvalue weighted by Crippen LogP contribution is -2.27. The van der Waals surface area contributed by atoms with Crippen LogP contribution in [0.5, 0.6) is 0 Å². The minimum atomic E-state index is -0.634. The minimum absolute atomic E-state index is 0.0600. The van der Waals surface area contributed by atoms with Crippen molar-refractivity contribution in [3.05, 3.63) is 129 Å². The van der Waals surface area contributed by atoms with Crippen LogP contribution >= 0.6 is 23.5 Å². The number of ether oxygens (including phenoxy) is 2. The summed E-state index contributed by atoms with van der Waals surface area (Å²) in [6.07, 6.45) is -1.15. The zero-order valence-electron chi connectivity index (χ0n) is 30.4. The second kappa shape index (κ2) is 16.4. The molecule has 12 nitrogen and oxygen atoms in total. The van der Waals surface area contributed by atoms with Gasteiger partial charge >= 0.3 is 12.2 Å². The van der Waals surface area contributed by atoms with Crippen LogP contribution in [-0.4, -0.2) is 33.2 Å². The fraction of sp³-hybridized carbons (Fsp3) is 0.200. The van der Waals surface area contributed by atoms with E-state index < -0.39 is 33.2 Å². The first-order valence-electron chi connectivity index (χ1n) is 16.7. The molecule has 54 heavy (non-hydrogen) atoms. The third kappa shape index (κ3) is 11.1. The highest BCUT2D eigenvalue weighted by Crippen LogP contribution is 2.40. The average Bonchev–Trinajstić information content (AvgIpc) is 3.08. The van der Waals surface area contributed by atoms with Gasteiger partial charge in [-0.05, 0) is 124 Å². The highest BCUT2D eigenvalue weighted by Gasteiger charge is 2.20. The molecule has 5 aromatic carbocycles. The molecule has 0 saturated carbocycles. The Morgan fingerprint density at radius 1 is 0.519 bits per heavy atom. The van der Waals surface area contributed by atoms with Crippen LogP contribution < -0.4 is 10.6 Å². The van der Waals surface area contributed by atoms with Crippen molar-refractivity contribution in [2.75, 3.05) is 10.6 Å². The number of benzene rings is 5. The summed E-state index contributed by atoms with van der Waals surface area (Å²) in [4.78, 5) is 49.9. The molecule has 0 spiro atoms. The SMILES string of the molecule is CC(C)(C)OC(=O)Nc1ccc(Sc2ccc(-c3ccc(-c4ccc(Sc5ccc(NC(=O)OC(C)(C)C)cc5)c([N+](=O)[O-])c4)cc3)cc2[N+](=O)[O-])cc1. The molecule has 14 heteroatoms. The summed E-state index contributed by atoms with van der Waals surface area (Å²) in [6.45, 7) is 10.6. The Bertz CT molecular complexity index is 2020. The van der Waals surface area contributed by atoms with E-state index in [1.54, 1.807) is 114 Å². The molecule has 0 aliphatic heterocycles. The van der Waals surface area contributed by atoms with Crippen LogP contribution in [0.2, 0.25) is 0 Å². The normalized spacial score (nSPS) is 11.4. The van der Waals surface area contributed by atoms with E-state index in [1.165, 1.54) is 35.7 Å². The van der Waals surface area contributed by atoms with Crippen molar-refractivity contribution in [3.8, 4) is 22.3 Å². The third-order valence-corrected chi connectivity index (χ3v) is 9.46. The summed E-state index contributed by atoms with van der Waals surface area (Å²) in [5.41, 5.74) is 2.43. The first-order chi connectivity index (χ1) is 25.4. The lowest BCUT2D eigenvalue weighted by molar-refractivity contribution is -0.387. The number of carbonyl (C=O) groups is 2. The van der Waals surface area contributed by atoms with Gasteiger partial charge in [0.15, 0.2) is 0 Å². The molecule has 0 unspecified atom stereocenters. The van der Waals surface area contributed by atoms with Crippen LogP contribution in [-0.2, 0) is 9.47 Å². The zero-order valence-corrected chi connectivity index (χ0v) is 32.0. The lowest BCUT2D eigenvalue weighted by atomic mass is 10.00. The van der Waals surface area contributed by atoms with Gasteiger partial charge in [-0.25, -0.2) is 9.59 Å². The van der Waals surface area contributed by atoms with Crippen LogP contribution in [0.4, 0.5) is 32.3 Å². The first kappa shape index (κ1) is 39.3. The number of nitrogens with one attached hydrogen (secondary N) is 2. The summed E-state index contributed by atoms with van der Waals surface area (Å²) in [7, 11) is 0. The zero-order chi connectivity index (χ0) is 39.2. The summed E-state index contributed by atoms with van der Waals surface area (Å²) in [5.74, 6) is 0. The Labute approximate surface area is 321 Å². The van der Waals surface area contributed by atoms with Gasteiger partial charge in [-0.2, -0.15) is 0 Å². The Balaban J connectivity index is 1.27. The van der Waals surface area contributed by atoms with Crippen LogP contribution in [0, 0.1) is 20.2 Å². The molecule has 5 aromatic rings. The van der Waals surface area contributed by atoms with Gasteiger partial charge in [-0.3, -0.25) is 30.9 Å². The van der Waals surface area contributed by atoms with Crippen LogP contribution in [0.1, 0.15) is 41.5 Å². The molecule has 0 heterocycles. The smallest absolute Gasteiger partial charge is 0.412 e. The fourth-order valence-corrected chi connectivity index (χ4v) is 6.82. The van der Waals surface area contributed by atoms with Crippen molar-refractivity contribution in [3.63, 3.8) is 0 Å². The summed E-state index contributed by atoms with van der Waals surface area (Å²) >= 11 is 2.46. The van der Waals surface area contributed by atoms with E-state index in [2.05, 4.69) is 10.6 Å². The molecule has 0 aliphatic rings. The molecule has 0 fully saturated rings. The number of amides is 2. The third-order valence-electron chi connectivity index (χ3n) is 7.32. The van der Waals surface area contributed by atoms with Gasteiger partial charge in [-0.15, -0.1) is 0 Å². The molecule has 0 saturated heterocycles. The quantitative estimate of drug-likeness (QED) is 0.103. The molecule has 2 amide bonds. The van der Waals surface area contributed by atoms with Crippen LogP contribution in [0.25, 0.3) is 22.3 Å². The van der Waals surface area contributed by atoms with E-state index in [9.17, 15) is 29.8 Å². The molecule has 278 valence electrons. The topological polar surface area (TPSA) is 163 Å². The van der Waals surface area contributed by atoms with Gasteiger partial charge in [0.2, 0.25) is 0 Å². The first-order valence-corrected chi connectivity index (χ1v) is 18.3. The second-order valence-corrected chi connectivity index (χ2v) is 16.2. The minimum Gasteiger partial charge on any atom is -0.444 e. The summed E-state index contributed by atoms with van der Waals surface area (Å²) in [5, 5.41) is 29.5. The molecule has 2 N–H and O–H groups in total. The summed E-state index contributed by atoms with van der Waals surface area (Å²) < 4.78 is 10.5. The average molecular weight is 767 g/mol. The van der Waals surface area contributed by atoms with Gasteiger partial charge in [0, 0.05) is 33.3 Å². The van der Waals surface area contributed by atoms with Gasteiger partial charge in [0.25, 0.3) is 11.4 Å². The van der Waals surface area contributed by atoms with E-state index in [0.717, 1.165) is 20.9 Å². The van der Waals surface area contributed by atoms with Gasteiger partial charge in [0.05, 0.1) is 19.6 Å². The van der Waals surface area contributed by atoms with E-state index in [1.807, 2.05) is 24.3 Å². The Morgan fingerprint density at radius 3 is 1.13 bits per heavy atom. The molecule has 0 radical (unpaired) electrons. The molecule has 0 aromatic heterocycles. The van der Waals surface area contributed by atoms with E-state index in [-0.39, 0.29) is 11.4 Å². The Morgan fingerprint density at radius 2 is 0.833 bits per heavy atom. The maximum atomic E-state index is 12.1. The number of anilines is 2. The van der Waals surface area contributed by atoms with E-state index in [0.29, 0.717) is 32.3 Å². The van der Waals surface area contributed by atoms with Crippen LogP contribution in [0.15, 0.2) is 129 Å². The Kier molecular flexibility index (Phi) is 12.0. The second-order valence-electron chi connectivity index (χ2n) is 14.0. The van der Waals surface area contributed by atoms with Gasteiger partial charge < -0.3 is 9.47 Å². The largest absolute Gasteiger partial charge is 0.444 e. The number of nitrogens with zero attached hydrogens (tertiary/aromatic N) is 2. The molecule has 0 atom stereocenters. The van der Waals surface area contributed by atoms with Crippen LogP contribution in [0.3, 0.4) is 0 Å². The fourth-order valence-electron chi connectivity index (χ4n) is 5.02. The molecule has 0 bridgehead atoms. The highest BCUT2D eigenvalue weighted by molar-refractivity contribution is 7.99. The number of hydrogen-bond donors (Lipinski definition) is 2. The van der Waals surface area contributed by atoms with Crippen molar-refractivity contribution in [1.29, 1.82) is 0 Å². The van der Waals surface area contributed by atoms with Gasteiger partial charge in [0.1, 0.15) is 11.2 Å².